The van der Waals surface area contributed by atoms with Gasteiger partial charge in [0.15, 0.2) is 0 Å². The Morgan fingerprint density at radius 2 is 1.09 bits per heavy atom. The minimum absolute atomic E-state index is 1.70. The Balaban J connectivity index is 4.47. The zero-order valence-electron chi connectivity index (χ0n) is 8.22. The molecule has 11 heavy (non-hydrogen) atoms. The molecule has 68 valence electrons. The quantitative estimate of drug-likeness (QED) is 0.631. The van der Waals surface area contributed by atoms with Crippen LogP contribution in [0, 0.1) is 0 Å². The summed E-state index contributed by atoms with van der Waals surface area (Å²) in [5.74, 6) is 0. The van der Waals surface area contributed by atoms with Crippen molar-refractivity contribution in [2.45, 2.75) is 19.6 Å². The molecule has 0 atom stereocenters. The normalized spacial score (nSPS) is 13.6. The van der Waals surface area contributed by atoms with Crippen LogP contribution in [0.1, 0.15) is 0 Å². The Labute approximate surface area is 70.8 Å². The van der Waals surface area contributed by atoms with E-state index >= 15 is 0 Å². The van der Waals surface area contributed by atoms with Crippen LogP contribution in [-0.2, 0) is 13.3 Å². The molecule has 0 aliphatic heterocycles. The molecule has 0 radical (unpaired) electrons. The summed E-state index contributed by atoms with van der Waals surface area (Å²) >= 11 is 0. The summed E-state index contributed by atoms with van der Waals surface area (Å²) in [7, 11) is 1.38. The van der Waals surface area contributed by atoms with Gasteiger partial charge >= 0.3 is 8.08 Å². The highest BCUT2D eigenvalue weighted by Crippen LogP contribution is 2.20. The Kier molecular flexibility index (Phi) is 3.92. The van der Waals surface area contributed by atoms with Crippen LogP contribution >= 0.6 is 0 Å². The first-order valence-corrected chi connectivity index (χ1v) is 9.81. The second-order valence-electron chi connectivity index (χ2n) is 3.07. The standard InChI is InChI=1S/C6H18O3Si2/c1-7-10(4,5)11(6,8-2)9-3/h1-6H3. The van der Waals surface area contributed by atoms with Crippen molar-refractivity contribution in [1.29, 1.82) is 0 Å². The largest absolute Gasteiger partial charge is 0.417 e. The Bertz CT molecular complexity index is 123. The fourth-order valence-electron chi connectivity index (χ4n) is 0.760. The Morgan fingerprint density at radius 1 is 0.727 bits per heavy atom. The second-order valence-corrected chi connectivity index (χ2v) is 15.5. The molecule has 0 rings (SSSR count). The third-order valence-corrected chi connectivity index (χ3v) is 15.5. The summed E-state index contributed by atoms with van der Waals surface area (Å²) in [5.41, 5.74) is 0. The molecular weight excluding hydrogens is 176 g/mol. The first kappa shape index (κ1) is 11.3. The van der Waals surface area contributed by atoms with Crippen LogP contribution in [0.2, 0.25) is 19.6 Å². The van der Waals surface area contributed by atoms with E-state index in [4.69, 9.17) is 13.3 Å². The fourth-order valence-corrected chi connectivity index (χ4v) is 6.34. The molecule has 0 fully saturated rings. The van der Waals surface area contributed by atoms with E-state index in [0.717, 1.165) is 0 Å². The lowest BCUT2D eigenvalue weighted by Gasteiger charge is -2.35. The summed E-state index contributed by atoms with van der Waals surface area (Å²) in [6.45, 7) is 6.28. The van der Waals surface area contributed by atoms with Crippen molar-refractivity contribution in [3.8, 4) is 0 Å². The van der Waals surface area contributed by atoms with Crippen molar-refractivity contribution in [3.63, 3.8) is 0 Å². The van der Waals surface area contributed by atoms with Gasteiger partial charge in [-0.2, -0.15) is 0 Å². The van der Waals surface area contributed by atoms with Gasteiger partial charge < -0.3 is 13.3 Å². The summed E-state index contributed by atoms with van der Waals surface area (Å²) < 4.78 is 16.2. The molecule has 0 aromatic rings. The molecule has 0 unspecified atom stereocenters. The molecule has 0 bridgehead atoms. The maximum absolute atomic E-state index is 5.44. The summed E-state index contributed by atoms with van der Waals surface area (Å²) in [4.78, 5) is 0. The molecule has 0 aliphatic carbocycles. The van der Waals surface area contributed by atoms with E-state index in [1.165, 1.54) is 0 Å². The average Bonchev–Trinajstić information content (AvgIpc) is 2.02. The third-order valence-electron chi connectivity index (χ3n) is 2.38. The van der Waals surface area contributed by atoms with Crippen LogP contribution < -0.4 is 0 Å². The van der Waals surface area contributed by atoms with Gasteiger partial charge in [0.05, 0.1) is 0 Å². The fraction of sp³-hybridized carbons (Fsp3) is 1.00. The molecule has 0 N–H and O–H groups in total. The highest BCUT2D eigenvalue weighted by atomic mass is 29.3. The van der Waals surface area contributed by atoms with Crippen LogP contribution in [0.5, 0.6) is 0 Å². The first-order chi connectivity index (χ1) is 4.93. The van der Waals surface area contributed by atoms with Gasteiger partial charge in [-0.05, 0) is 19.6 Å². The van der Waals surface area contributed by atoms with Gasteiger partial charge in [0.25, 0.3) is 0 Å². The predicted octanol–water partition coefficient (Wildman–Crippen LogP) is 1.28. The summed E-state index contributed by atoms with van der Waals surface area (Å²) in [5, 5.41) is 0. The van der Waals surface area contributed by atoms with E-state index in [1.54, 1.807) is 21.3 Å². The molecule has 0 saturated carbocycles. The van der Waals surface area contributed by atoms with Crippen molar-refractivity contribution in [2.24, 2.45) is 0 Å². The van der Waals surface area contributed by atoms with E-state index in [-0.39, 0.29) is 0 Å². The average molecular weight is 194 g/mol. The van der Waals surface area contributed by atoms with Crippen LogP contribution in [0.3, 0.4) is 0 Å². The van der Waals surface area contributed by atoms with Gasteiger partial charge in [-0.1, -0.05) is 0 Å². The molecule has 0 amide bonds. The van der Waals surface area contributed by atoms with Gasteiger partial charge in [0.2, 0.25) is 7.83 Å². The van der Waals surface area contributed by atoms with E-state index in [9.17, 15) is 0 Å². The molecule has 0 saturated heterocycles. The van der Waals surface area contributed by atoms with Crippen molar-refractivity contribution >= 4 is 15.9 Å². The van der Waals surface area contributed by atoms with E-state index in [0.29, 0.717) is 0 Å². The van der Waals surface area contributed by atoms with Gasteiger partial charge in [-0.15, -0.1) is 0 Å². The molecule has 0 spiro atoms. The first-order valence-electron chi connectivity index (χ1n) is 3.59. The van der Waals surface area contributed by atoms with Crippen molar-refractivity contribution in [3.05, 3.63) is 0 Å². The van der Waals surface area contributed by atoms with Crippen molar-refractivity contribution in [2.75, 3.05) is 21.3 Å². The molecule has 5 heteroatoms. The lowest BCUT2D eigenvalue weighted by Crippen LogP contribution is -2.61. The predicted molar refractivity (Wildman–Crippen MR) is 50.1 cm³/mol. The summed E-state index contributed by atoms with van der Waals surface area (Å²) in [6, 6.07) is 0. The van der Waals surface area contributed by atoms with Crippen molar-refractivity contribution in [1.82, 2.24) is 0 Å². The highest BCUT2D eigenvalue weighted by Gasteiger charge is 2.49. The van der Waals surface area contributed by atoms with Gasteiger partial charge in [-0.3, -0.25) is 0 Å². The van der Waals surface area contributed by atoms with E-state index in [2.05, 4.69) is 13.1 Å². The molecule has 0 heterocycles. The maximum Gasteiger partial charge on any atom is 0.345 e. The number of hydrogen-bond donors (Lipinski definition) is 0. The van der Waals surface area contributed by atoms with Crippen LogP contribution in [0.4, 0.5) is 0 Å². The number of hydrogen-bond acceptors (Lipinski definition) is 3. The van der Waals surface area contributed by atoms with Crippen LogP contribution in [-0.4, -0.2) is 37.2 Å². The number of rotatable bonds is 4. The molecular formula is C6H18O3Si2. The molecule has 3 nitrogen and oxygen atoms in total. The minimum atomic E-state index is -2.01. The smallest absolute Gasteiger partial charge is 0.345 e. The molecule has 0 aliphatic rings. The zero-order valence-corrected chi connectivity index (χ0v) is 10.2. The van der Waals surface area contributed by atoms with Crippen LogP contribution in [0.15, 0.2) is 0 Å². The van der Waals surface area contributed by atoms with E-state index < -0.39 is 15.9 Å². The lowest BCUT2D eigenvalue weighted by molar-refractivity contribution is 0.256. The minimum Gasteiger partial charge on any atom is -0.417 e. The van der Waals surface area contributed by atoms with Crippen molar-refractivity contribution < 1.29 is 13.3 Å². The SMILES string of the molecule is CO[Si](C)(C)[Si](C)(OC)OC. The van der Waals surface area contributed by atoms with Crippen LogP contribution in [0.25, 0.3) is 0 Å². The Hall–Kier alpha value is 0.314. The molecule has 0 aromatic heterocycles. The monoisotopic (exact) mass is 194 g/mol. The highest BCUT2D eigenvalue weighted by molar-refractivity contribution is 7.33. The van der Waals surface area contributed by atoms with Gasteiger partial charge in [0, 0.05) is 21.3 Å². The topological polar surface area (TPSA) is 27.7 Å². The van der Waals surface area contributed by atoms with Gasteiger partial charge in [0.1, 0.15) is 0 Å². The second kappa shape index (κ2) is 3.82. The summed E-state index contributed by atoms with van der Waals surface area (Å²) in [6.07, 6.45) is 0. The molecule has 0 aromatic carbocycles. The van der Waals surface area contributed by atoms with Gasteiger partial charge in [-0.25, -0.2) is 0 Å². The maximum atomic E-state index is 5.44. The third kappa shape index (κ3) is 2.13. The lowest BCUT2D eigenvalue weighted by atomic mass is 11.8. The van der Waals surface area contributed by atoms with E-state index in [1.807, 2.05) is 6.55 Å². The Morgan fingerprint density at radius 3 is 1.18 bits per heavy atom. The zero-order chi connectivity index (χ0) is 9.12.